The third-order valence-electron chi connectivity index (χ3n) is 4.99. The number of piperidine rings is 1. The van der Waals surface area contributed by atoms with Crippen molar-refractivity contribution in [1.82, 2.24) is 9.80 Å². The minimum atomic E-state index is -0.439. The lowest BCUT2D eigenvalue weighted by molar-refractivity contribution is 0.0134. The van der Waals surface area contributed by atoms with Gasteiger partial charge in [-0.15, -0.1) is 0 Å². The first kappa shape index (κ1) is 17.8. The highest BCUT2D eigenvalue weighted by molar-refractivity contribution is 5.68. The molecule has 0 saturated carbocycles. The monoisotopic (exact) mass is 341 g/mol. The number of rotatable bonds is 1. The fourth-order valence-electron chi connectivity index (χ4n) is 3.69. The molecule has 0 unspecified atom stereocenters. The second-order valence-electron chi connectivity index (χ2n) is 7.98. The van der Waals surface area contributed by atoms with E-state index in [1.165, 1.54) is 11.1 Å². The molecule has 1 aromatic rings. The molecular weight excluding hydrogens is 314 g/mol. The summed E-state index contributed by atoms with van der Waals surface area (Å²) in [6.45, 7) is 16.4. The number of fused-ring (bicyclic) bond motifs is 1. The molecule has 0 spiro atoms. The fourth-order valence-corrected chi connectivity index (χ4v) is 3.69. The maximum absolute atomic E-state index is 12.2. The first-order chi connectivity index (χ1) is 11.9. The number of carbonyl (C=O) groups is 1. The Morgan fingerprint density at radius 3 is 2.56 bits per heavy atom. The molecule has 3 rings (SSSR count). The van der Waals surface area contributed by atoms with Crippen molar-refractivity contribution in [1.29, 1.82) is 0 Å². The van der Waals surface area contributed by atoms with Crippen LogP contribution in [0.25, 0.3) is 4.85 Å². The van der Waals surface area contributed by atoms with Gasteiger partial charge in [-0.25, -0.2) is 9.64 Å². The molecule has 2 aliphatic rings. The molecule has 0 aromatic heterocycles. The Morgan fingerprint density at radius 1 is 1.20 bits per heavy atom. The van der Waals surface area contributed by atoms with Crippen LogP contribution in [0.15, 0.2) is 18.2 Å². The summed E-state index contributed by atoms with van der Waals surface area (Å²) >= 11 is 0. The summed E-state index contributed by atoms with van der Waals surface area (Å²) in [5.41, 5.74) is 2.94. The van der Waals surface area contributed by atoms with Gasteiger partial charge in [0, 0.05) is 32.2 Å². The lowest BCUT2D eigenvalue weighted by atomic mass is 9.95. The smallest absolute Gasteiger partial charge is 0.410 e. The summed E-state index contributed by atoms with van der Waals surface area (Å²) in [6, 6.07) is 6.56. The zero-order valence-corrected chi connectivity index (χ0v) is 15.4. The van der Waals surface area contributed by atoms with Crippen LogP contribution in [-0.4, -0.2) is 47.2 Å². The Kier molecular flexibility index (Phi) is 5.01. The molecule has 1 saturated heterocycles. The zero-order chi connectivity index (χ0) is 18.0. The Bertz CT molecular complexity index is 679. The van der Waals surface area contributed by atoms with Gasteiger partial charge in [0.05, 0.1) is 6.57 Å². The number of nitrogens with zero attached hydrogens (tertiary/aromatic N) is 3. The highest BCUT2D eigenvalue weighted by atomic mass is 16.6. The molecule has 1 aromatic carbocycles. The van der Waals surface area contributed by atoms with E-state index in [0.29, 0.717) is 6.04 Å². The van der Waals surface area contributed by atoms with Crippen molar-refractivity contribution in [3.8, 4) is 0 Å². The van der Waals surface area contributed by atoms with E-state index in [1.807, 2.05) is 37.8 Å². The number of benzene rings is 1. The van der Waals surface area contributed by atoms with Crippen LogP contribution in [0.2, 0.25) is 0 Å². The van der Waals surface area contributed by atoms with E-state index in [0.717, 1.165) is 51.1 Å². The van der Waals surface area contributed by atoms with Crippen molar-refractivity contribution in [2.45, 2.75) is 58.2 Å². The standard InChI is InChI=1S/C20H27N3O2/c1-20(2,3)25-19(24)22-11-8-18(9-12-22)23-10-7-15-5-6-17(21-4)13-16(15)14-23/h5-6,13,18H,7-12,14H2,1-3H3. The second kappa shape index (κ2) is 7.05. The number of amides is 1. The minimum absolute atomic E-state index is 0.198. The molecule has 0 aliphatic carbocycles. The number of hydrogen-bond donors (Lipinski definition) is 0. The average molecular weight is 341 g/mol. The van der Waals surface area contributed by atoms with Gasteiger partial charge in [0.25, 0.3) is 0 Å². The summed E-state index contributed by atoms with van der Waals surface area (Å²) in [6.07, 6.45) is 2.81. The predicted molar refractivity (Wildman–Crippen MR) is 97.6 cm³/mol. The molecule has 5 heteroatoms. The Balaban J connectivity index is 1.57. The first-order valence-corrected chi connectivity index (χ1v) is 9.07. The lowest BCUT2D eigenvalue weighted by Crippen LogP contribution is -2.49. The Morgan fingerprint density at radius 2 is 1.92 bits per heavy atom. The van der Waals surface area contributed by atoms with Crippen LogP contribution in [0.4, 0.5) is 10.5 Å². The number of likely N-dealkylation sites (tertiary alicyclic amines) is 1. The van der Waals surface area contributed by atoms with Gasteiger partial charge in [-0.2, -0.15) is 0 Å². The molecular formula is C20H27N3O2. The van der Waals surface area contributed by atoms with Gasteiger partial charge in [0.1, 0.15) is 5.60 Å². The fraction of sp³-hybridized carbons (Fsp3) is 0.600. The van der Waals surface area contributed by atoms with Crippen molar-refractivity contribution in [3.05, 3.63) is 40.7 Å². The van der Waals surface area contributed by atoms with Crippen molar-refractivity contribution >= 4 is 11.8 Å². The summed E-state index contributed by atoms with van der Waals surface area (Å²) in [5, 5.41) is 0. The van der Waals surface area contributed by atoms with Gasteiger partial charge in [-0.05, 0) is 51.2 Å². The Hall–Kier alpha value is -2.06. The summed E-state index contributed by atoms with van der Waals surface area (Å²) in [5.74, 6) is 0. The third kappa shape index (κ3) is 4.32. The van der Waals surface area contributed by atoms with E-state index in [-0.39, 0.29) is 6.09 Å². The molecule has 1 fully saturated rings. The van der Waals surface area contributed by atoms with Crippen molar-refractivity contribution in [2.75, 3.05) is 19.6 Å². The zero-order valence-electron chi connectivity index (χ0n) is 15.4. The molecule has 25 heavy (non-hydrogen) atoms. The van der Waals surface area contributed by atoms with Gasteiger partial charge in [0.2, 0.25) is 0 Å². The van der Waals surface area contributed by atoms with E-state index < -0.39 is 5.60 Å². The lowest BCUT2D eigenvalue weighted by Gasteiger charge is -2.41. The van der Waals surface area contributed by atoms with E-state index in [2.05, 4.69) is 15.8 Å². The number of carbonyl (C=O) groups excluding carboxylic acids is 1. The number of hydrogen-bond acceptors (Lipinski definition) is 3. The Labute approximate surface area is 150 Å². The first-order valence-electron chi connectivity index (χ1n) is 9.07. The van der Waals surface area contributed by atoms with Crippen LogP contribution in [0.3, 0.4) is 0 Å². The molecule has 5 nitrogen and oxygen atoms in total. The number of ether oxygens (including phenoxy) is 1. The normalized spacial score (nSPS) is 19.2. The topological polar surface area (TPSA) is 37.1 Å². The quantitative estimate of drug-likeness (QED) is 0.725. The highest BCUT2D eigenvalue weighted by Crippen LogP contribution is 2.28. The molecule has 0 N–H and O–H groups in total. The largest absolute Gasteiger partial charge is 0.444 e. The van der Waals surface area contributed by atoms with Gasteiger partial charge >= 0.3 is 6.09 Å². The minimum Gasteiger partial charge on any atom is -0.444 e. The molecule has 2 heterocycles. The van der Waals surface area contributed by atoms with Crippen molar-refractivity contribution < 1.29 is 9.53 Å². The molecule has 134 valence electrons. The molecule has 0 atom stereocenters. The maximum atomic E-state index is 12.2. The van der Waals surface area contributed by atoms with E-state index in [1.54, 1.807) is 0 Å². The van der Waals surface area contributed by atoms with Crippen LogP contribution in [-0.2, 0) is 17.7 Å². The average Bonchev–Trinajstić information content (AvgIpc) is 2.59. The van der Waals surface area contributed by atoms with Crippen LogP contribution >= 0.6 is 0 Å². The van der Waals surface area contributed by atoms with E-state index in [9.17, 15) is 4.79 Å². The highest BCUT2D eigenvalue weighted by Gasteiger charge is 2.30. The molecule has 2 aliphatic heterocycles. The summed E-state index contributed by atoms with van der Waals surface area (Å²) in [4.78, 5) is 20.1. The van der Waals surface area contributed by atoms with Crippen LogP contribution in [0.5, 0.6) is 0 Å². The van der Waals surface area contributed by atoms with Gasteiger partial charge in [0.15, 0.2) is 5.69 Å². The molecule has 0 radical (unpaired) electrons. The third-order valence-corrected chi connectivity index (χ3v) is 4.99. The maximum Gasteiger partial charge on any atom is 0.410 e. The summed E-state index contributed by atoms with van der Waals surface area (Å²) < 4.78 is 5.48. The van der Waals surface area contributed by atoms with Gasteiger partial charge in [-0.1, -0.05) is 18.2 Å². The second-order valence-corrected chi connectivity index (χ2v) is 7.98. The molecule has 0 bridgehead atoms. The van der Waals surface area contributed by atoms with Crippen molar-refractivity contribution in [2.24, 2.45) is 0 Å². The van der Waals surface area contributed by atoms with Gasteiger partial charge < -0.3 is 9.64 Å². The predicted octanol–water partition coefficient (Wildman–Crippen LogP) is 3.99. The van der Waals surface area contributed by atoms with Crippen LogP contribution in [0.1, 0.15) is 44.7 Å². The van der Waals surface area contributed by atoms with Crippen molar-refractivity contribution in [3.63, 3.8) is 0 Å². The van der Waals surface area contributed by atoms with Crippen LogP contribution < -0.4 is 0 Å². The van der Waals surface area contributed by atoms with E-state index >= 15 is 0 Å². The van der Waals surface area contributed by atoms with Crippen LogP contribution in [0, 0.1) is 6.57 Å². The van der Waals surface area contributed by atoms with Gasteiger partial charge in [-0.3, -0.25) is 4.90 Å². The summed E-state index contributed by atoms with van der Waals surface area (Å²) in [7, 11) is 0. The molecule has 1 amide bonds. The SMILES string of the molecule is [C-]#[N+]c1ccc2c(c1)CN(C1CCN(C(=O)OC(C)(C)C)CC1)CC2. The van der Waals surface area contributed by atoms with E-state index in [4.69, 9.17) is 11.3 Å².